The molecule has 0 spiro atoms. The predicted octanol–water partition coefficient (Wildman–Crippen LogP) is 2.80. The van der Waals surface area contributed by atoms with E-state index in [-0.39, 0.29) is 5.91 Å². The van der Waals surface area contributed by atoms with Crippen molar-refractivity contribution in [2.24, 2.45) is 17.8 Å². The summed E-state index contributed by atoms with van der Waals surface area (Å²) in [4.78, 5) is 16.6. The minimum atomic E-state index is 0.0797. The number of fused-ring (bicyclic) bond motifs is 2. The van der Waals surface area contributed by atoms with Crippen LogP contribution in [0.2, 0.25) is 0 Å². The summed E-state index contributed by atoms with van der Waals surface area (Å²) in [5, 5.41) is 5.96. The summed E-state index contributed by atoms with van der Waals surface area (Å²) < 4.78 is 1.97. The molecule has 2 heterocycles. The zero-order chi connectivity index (χ0) is 14.9. The smallest absolute Gasteiger partial charge is 0.226 e. The largest absolute Gasteiger partial charge is 0.355 e. The monoisotopic (exact) mass is 313 g/mol. The summed E-state index contributed by atoms with van der Waals surface area (Å²) in [7, 11) is 0. The molecule has 2 bridgehead atoms. The summed E-state index contributed by atoms with van der Waals surface area (Å²) in [6, 6.07) is 3.94. The van der Waals surface area contributed by atoms with E-state index in [1.165, 1.54) is 12.8 Å². The van der Waals surface area contributed by atoms with Crippen LogP contribution in [0.15, 0.2) is 42.1 Å². The molecule has 22 heavy (non-hydrogen) atoms. The van der Waals surface area contributed by atoms with Crippen LogP contribution >= 0.6 is 11.3 Å². The number of carbonyl (C=O) groups excluding carboxylic acids is 1. The SMILES string of the molecule is O=C(Cc1csc(-n2cccc2)n1)NC[C@H]1C[C@H]2C=C[C@H]1C2. The third kappa shape index (κ3) is 2.73. The van der Waals surface area contributed by atoms with Crippen molar-refractivity contribution in [3.05, 3.63) is 47.8 Å². The lowest BCUT2D eigenvalue weighted by molar-refractivity contribution is -0.120. The van der Waals surface area contributed by atoms with E-state index in [4.69, 9.17) is 0 Å². The Kier molecular flexibility index (Phi) is 3.58. The summed E-state index contributed by atoms with van der Waals surface area (Å²) in [5.74, 6) is 2.15. The molecule has 3 atom stereocenters. The Bertz CT molecular complexity index is 689. The molecule has 0 unspecified atom stereocenters. The van der Waals surface area contributed by atoms with Crippen molar-refractivity contribution in [1.82, 2.24) is 14.9 Å². The van der Waals surface area contributed by atoms with Gasteiger partial charge in [-0.05, 0) is 42.7 Å². The molecule has 114 valence electrons. The first-order chi connectivity index (χ1) is 10.8. The van der Waals surface area contributed by atoms with Gasteiger partial charge in [0.2, 0.25) is 5.91 Å². The van der Waals surface area contributed by atoms with Gasteiger partial charge < -0.3 is 9.88 Å². The molecular formula is C17H19N3OS. The quantitative estimate of drug-likeness (QED) is 0.863. The average Bonchev–Trinajstić information content (AvgIpc) is 3.27. The van der Waals surface area contributed by atoms with Crippen LogP contribution in [0.25, 0.3) is 5.13 Å². The molecular weight excluding hydrogens is 294 g/mol. The van der Waals surface area contributed by atoms with Crippen molar-refractivity contribution in [3.63, 3.8) is 0 Å². The Labute approximate surface area is 133 Å². The van der Waals surface area contributed by atoms with Gasteiger partial charge in [0.05, 0.1) is 12.1 Å². The molecule has 1 amide bonds. The lowest BCUT2D eigenvalue weighted by Crippen LogP contribution is -2.32. The van der Waals surface area contributed by atoms with Crippen LogP contribution in [0.5, 0.6) is 0 Å². The molecule has 4 nitrogen and oxygen atoms in total. The maximum Gasteiger partial charge on any atom is 0.226 e. The van der Waals surface area contributed by atoms with Crippen LogP contribution in [0, 0.1) is 17.8 Å². The molecule has 2 aliphatic rings. The highest BCUT2D eigenvalue weighted by molar-refractivity contribution is 7.12. The molecule has 0 aromatic carbocycles. The van der Waals surface area contributed by atoms with Gasteiger partial charge in [-0.25, -0.2) is 4.98 Å². The minimum absolute atomic E-state index is 0.0797. The van der Waals surface area contributed by atoms with Crippen LogP contribution in [0.1, 0.15) is 18.5 Å². The lowest BCUT2D eigenvalue weighted by atomic mass is 9.93. The number of aromatic nitrogens is 2. The molecule has 2 aromatic rings. The molecule has 2 aromatic heterocycles. The first-order valence-electron chi connectivity index (χ1n) is 7.81. The number of rotatable bonds is 5. The van der Waals surface area contributed by atoms with Gasteiger partial charge >= 0.3 is 0 Å². The van der Waals surface area contributed by atoms with Crippen molar-refractivity contribution in [2.75, 3.05) is 6.54 Å². The molecule has 2 aliphatic carbocycles. The molecule has 1 N–H and O–H groups in total. The highest BCUT2D eigenvalue weighted by atomic mass is 32.1. The molecule has 0 saturated heterocycles. The van der Waals surface area contributed by atoms with E-state index in [1.807, 2.05) is 34.5 Å². The predicted molar refractivity (Wildman–Crippen MR) is 87.0 cm³/mol. The van der Waals surface area contributed by atoms with E-state index in [0.29, 0.717) is 18.3 Å². The highest BCUT2D eigenvalue weighted by Crippen LogP contribution is 2.42. The van der Waals surface area contributed by atoms with Crippen molar-refractivity contribution in [2.45, 2.75) is 19.3 Å². The zero-order valence-corrected chi connectivity index (χ0v) is 13.1. The van der Waals surface area contributed by atoms with Crippen molar-refractivity contribution in [1.29, 1.82) is 0 Å². The van der Waals surface area contributed by atoms with Gasteiger partial charge in [-0.1, -0.05) is 12.2 Å². The topological polar surface area (TPSA) is 46.9 Å². The van der Waals surface area contributed by atoms with Crippen LogP contribution in [-0.4, -0.2) is 22.0 Å². The second-order valence-electron chi connectivity index (χ2n) is 6.23. The van der Waals surface area contributed by atoms with Crippen LogP contribution < -0.4 is 5.32 Å². The number of nitrogens with zero attached hydrogens (tertiary/aromatic N) is 2. The van der Waals surface area contributed by atoms with Gasteiger partial charge in [-0.15, -0.1) is 11.3 Å². The number of hydrogen-bond donors (Lipinski definition) is 1. The highest BCUT2D eigenvalue weighted by Gasteiger charge is 2.35. The number of thiazole rings is 1. The van der Waals surface area contributed by atoms with Gasteiger partial charge in [0.25, 0.3) is 0 Å². The van der Waals surface area contributed by atoms with E-state index >= 15 is 0 Å². The molecule has 0 radical (unpaired) electrons. The van der Waals surface area contributed by atoms with Crippen molar-refractivity contribution >= 4 is 17.2 Å². The van der Waals surface area contributed by atoms with Crippen molar-refractivity contribution < 1.29 is 4.79 Å². The number of hydrogen-bond acceptors (Lipinski definition) is 3. The summed E-state index contributed by atoms with van der Waals surface area (Å²) in [6.07, 6.45) is 11.5. The first kappa shape index (κ1) is 13.8. The van der Waals surface area contributed by atoms with Gasteiger partial charge in [0, 0.05) is 24.3 Å². The van der Waals surface area contributed by atoms with Gasteiger partial charge in [-0.2, -0.15) is 0 Å². The molecule has 4 rings (SSSR count). The first-order valence-corrected chi connectivity index (χ1v) is 8.68. The standard InChI is InChI=1S/C17H19N3OS/c21-16(18-10-14-8-12-3-4-13(14)7-12)9-15-11-22-17(19-15)20-5-1-2-6-20/h1-6,11-14H,7-10H2,(H,18,21)/t12-,13-,14+/m0/s1. The third-order valence-corrected chi connectivity index (χ3v) is 5.59. The molecule has 1 saturated carbocycles. The average molecular weight is 313 g/mol. The third-order valence-electron chi connectivity index (χ3n) is 4.68. The zero-order valence-electron chi connectivity index (χ0n) is 12.3. The van der Waals surface area contributed by atoms with Crippen molar-refractivity contribution in [3.8, 4) is 5.13 Å². The fourth-order valence-corrected chi connectivity index (χ4v) is 4.35. The second kappa shape index (κ2) is 5.72. The van der Waals surface area contributed by atoms with E-state index in [1.54, 1.807) is 11.3 Å². The summed E-state index contributed by atoms with van der Waals surface area (Å²) in [6.45, 7) is 0.804. The van der Waals surface area contributed by atoms with Gasteiger partial charge in [0.1, 0.15) is 0 Å². The Morgan fingerprint density at radius 2 is 2.18 bits per heavy atom. The van der Waals surface area contributed by atoms with E-state index < -0.39 is 0 Å². The van der Waals surface area contributed by atoms with E-state index in [0.717, 1.165) is 23.3 Å². The Balaban J connectivity index is 1.30. The van der Waals surface area contributed by atoms with Gasteiger partial charge in [-0.3, -0.25) is 4.79 Å². The fraction of sp³-hybridized carbons (Fsp3) is 0.412. The minimum Gasteiger partial charge on any atom is -0.355 e. The Morgan fingerprint density at radius 1 is 1.32 bits per heavy atom. The number of allylic oxidation sites excluding steroid dienone is 2. The number of nitrogens with one attached hydrogen (secondary N) is 1. The molecule has 0 aliphatic heterocycles. The maximum atomic E-state index is 12.1. The van der Waals surface area contributed by atoms with Gasteiger partial charge in [0.15, 0.2) is 5.13 Å². The van der Waals surface area contributed by atoms with E-state index in [2.05, 4.69) is 22.5 Å². The second-order valence-corrected chi connectivity index (χ2v) is 7.07. The van der Waals surface area contributed by atoms with E-state index in [9.17, 15) is 4.79 Å². The fourth-order valence-electron chi connectivity index (χ4n) is 3.56. The van der Waals surface area contributed by atoms with Crippen LogP contribution in [0.4, 0.5) is 0 Å². The Morgan fingerprint density at radius 3 is 2.91 bits per heavy atom. The maximum absolute atomic E-state index is 12.1. The summed E-state index contributed by atoms with van der Waals surface area (Å²) >= 11 is 1.57. The molecule has 5 heteroatoms. The van der Waals surface area contributed by atoms with Crippen LogP contribution in [-0.2, 0) is 11.2 Å². The summed E-state index contributed by atoms with van der Waals surface area (Å²) in [5.41, 5.74) is 0.846. The van der Waals surface area contributed by atoms with Crippen LogP contribution in [0.3, 0.4) is 0 Å². The number of carbonyl (C=O) groups is 1. The normalized spacial score (nSPS) is 25.7. The molecule has 1 fully saturated rings. The Hall–Kier alpha value is -1.88. The lowest BCUT2D eigenvalue weighted by Gasteiger charge is -2.18. The number of amides is 1.